The van der Waals surface area contributed by atoms with Crippen LogP contribution in [0.2, 0.25) is 10.0 Å². The normalized spacial score (nSPS) is 20.4. The average molecular weight is 330 g/mol. The van der Waals surface area contributed by atoms with Crippen molar-refractivity contribution in [3.63, 3.8) is 0 Å². The van der Waals surface area contributed by atoms with Crippen LogP contribution in [-0.4, -0.2) is 25.3 Å². The van der Waals surface area contributed by atoms with Crippen molar-refractivity contribution < 1.29 is 4.74 Å². The molecule has 0 aromatic heterocycles. The minimum absolute atomic E-state index is 0.427. The van der Waals surface area contributed by atoms with Gasteiger partial charge in [-0.05, 0) is 68.8 Å². The lowest BCUT2D eigenvalue weighted by molar-refractivity contribution is 0.00861. The lowest BCUT2D eigenvalue weighted by atomic mass is 9.97. The van der Waals surface area contributed by atoms with E-state index in [9.17, 15) is 0 Å². The van der Waals surface area contributed by atoms with Crippen LogP contribution in [0.3, 0.4) is 0 Å². The minimum Gasteiger partial charge on any atom is -0.378 e. The SMILES string of the molecule is CCNC(CCC1CCCCO1)Cc1cc(Cl)ccc1Cl. The molecule has 2 rings (SSSR count). The summed E-state index contributed by atoms with van der Waals surface area (Å²) in [5.41, 5.74) is 1.12. The second kappa shape index (κ2) is 8.99. The summed E-state index contributed by atoms with van der Waals surface area (Å²) in [6.45, 7) is 4.04. The fourth-order valence-electron chi connectivity index (χ4n) is 2.95. The molecule has 1 aliphatic rings. The quantitative estimate of drug-likeness (QED) is 0.771. The summed E-state index contributed by atoms with van der Waals surface area (Å²) >= 11 is 12.4. The first-order valence-electron chi connectivity index (χ1n) is 7.98. The first-order chi connectivity index (χ1) is 10.2. The van der Waals surface area contributed by atoms with Crippen LogP contribution in [-0.2, 0) is 11.2 Å². The van der Waals surface area contributed by atoms with Gasteiger partial charge in [0.25, 0.3) is 0 Å². The summed E-state index contributed by atoms with van der Waals surface area (Å²) < 4.78 is 5.82. The number of rotatable bonds is 7. The molecular formula is C17H25Cl2NO. The van der Waals surface area contributed by atoms with E-state index in [4.69, 9.17) is 27.9 Å². The van der Waals surface area contributed by atoms with E-state index in [0.29, 0.717) is 12.1 Å². The Kier molecular flexibility index (Phi) is 7.31. The van der Waals surface area contributed by atoms with Gasteiger partial charge >= 0.3 is 0 Å². The molecule has 1 fully saturated rings. The molecule has 0 spiro atoms. The molecule has 0 saturated carbocycles. The molecule has 1 saturated heterocycles. The van der Waals surface area contributed by atoms with E-state index in [1.54, 1.807) is 0 Å². The predicted molar refractivity (Wildman–Crippen MR) is 90.5 cm³/mol. The molecule has 1 aromatic carbocycles. The number of halogens is 2. The van der Waals surface area contributed by atoms with Gasteiger partial charge in [0.15, 0.2) is 0 Å². The number of benzene rings is 1. The first kappa shape index (κ1) is 17.1. The van der Waals surface area contributed by atoms with Crippen LogP contribution < -0.4 is 5.32 Å². The number of hydrogen-bond donors (Lipinski definition) is 1. The fourth-order valence-corrected chi connectivity index (χ4v) is 3.34. The highest BCUT2D eigenvalue weighted by atomic mass is 35.5. The van der Waals surface area contributed by atoms with E-state index >= 15 is 0 Å². The molecule has 1 aliphatic heterocycles. The van der Waals surface area contributed by atoms with Crippen molar-refractivity contribution in [3.8, 4) is 0 Å². The second-order valence-corrected chi connectivity index (χ2v) is 6.60. The van der Waals surface area contributed by atoms with Gasteiger partial charge in [-0.25, -0.2) is 0 Å². The van der Waals surface area contributed by atoms with Crippen molar-refractivity contribution in [1.82, 2.24) is 5.32 Å². The molecule has 0 bridgehead atoms. The molecule has 1 N–H and O–H groups in total. The van der Waals surface area contributed by atoms with E-state index in [1.165, 1.54) is 19.3 Å². The Hall–Kier alpha value is -0.280. The van der Waals surface area contributed by atoms with E-state index in [2.05, 4.69) is 12.2 Å². The first-order valence-corrected chi connectivity index (χ1v) is 8.73. The molecule has 118 valence electrons. The third-order valence-corrected chi connectivity index (χ3v) is 4.68. The van der Waals surface area contributed by atoms with Crippen molar-refractivity contribution in [1.29, 1.82) is 0 Å². The van der Waals surface area contributed by atoms with Crippen LogP contribution in [0.25, 0.3) is 0 Å². The number of nitrogens with one attached hydrogen (secondary N) is 1. The number of ether oxygens (including phenoxy) is 1. The average Bonchev–Trinajstić information content (AvgIpc) is 2.50. The Morgan fingerprint density at radius 2 is 2.19 bits per heavy atom. The number of hydrogen-bond acceptors (Lipinski definition) is 2. The van der Waals surface area contributed by atoms with Gasteiger partial charge in [-0.3, -0.25) is 0 Å². The highest BCUT2D eigenvalue weighted by molar-refractivity contribution is 6.33. The van der Waals surface area contributed by atoms with E-state index in [0.717, 1.165) is 48.0 Å². The Morgan fingerprint density at radius 3 is 2.90 bits per heavy atom. The summed E-state index contributed by atoms with van der Waals surface area (Å²) in [6, 6.07) is 6.13. The van der Waals surface area contributed by atoms with Crippen LogP contribution in [0.5, 0.6) is 0 Å². The molecule has 1 heterocycles. The predicted octanol–water partition coefficient (Wildman–Crippen LogP) is 4.86. The highest BCUT2D eigenvalue weighted by Crippen LogP contribution is 2.24. The van der Waals surface area contributed by atoms with Crippen molar-refractivity contribution in [2.75, 3.05) is 13.2 Å². The fraction of sp³-hybridized carbons (Fsp3) is 0.647. The van der Waals surface area contributed by atoms with Gasteiger partial charge in [-0.1, -0.05) is 30.1 Å². The summed E-state index contributed by atoms with van der Waals surface area (Å²) in [4.78, 5) is 0. The lowest BCUT2D eigenvalue weighted by Gasteiger charge is -2.25. The lowest BCUT2D eigenvalue weighted by Crippen LogP contribution is -2.32. The van der Waals surface area contributed by atoms with Crippen molar-refractivity contribution in [2.24, 2.45) is 0 Å². The molecule has 2 nitrogen and oxygen atoms in total. The smallest absolute Gasteiger partial charge is 0.0575 e. The van der Waals surface area contributed by atoms with Gasteiger partial charge in [-0.2, -0.15) is 0 Å². The molecule has 0 aliphatic carbocycles. The highest BCUT2D eigenvalue weighted by Gasteiger charge is 2.17. The van der Waals surface area contributed by atoms with Gasteiger partial charge in [0.05, 0.1) is 6.10 Å². The van der Waals surface area contributed by atoms with Gasteiger partial charge in [0.2, 0.25) is 0 Å². The summed E-state index contributed by atoms with van der Waals surface area (Å²) in [5.74, 6) is 0. The van der Waals surface area contributed by atoms with Crippen LogP contribution in [0.15, 0.2) is 18.2 Å². The standard InChI is InChI=1S/C17H25Cl2NO/c1-2-20-15(7-8-16-5-3-4-10-21-16)12-13-11-14(18)6-9-17(13)19/h6,9,11,15-16,20H,2-5,7-8,10,12H2,1H3. The molecule has 2 unspecified atom stereocenters. The summed E-state index contributed by atoms with van der Waals surface area (Å²) in [5, 5.41) is 5.11. The maximum atomic E-state index is 6.28. The Bertz CT molecular complexity index is 433. The second-order valence-electron chi connectivity index (χ2n) is 5.76. The summed E-state index contributed by atoms with van der Waals surface area (Å²) in [6.07, 6.45) is 7.31. The van der Waals surface area contributed by atoms with Crippen molar-refractivity contribution in [2.45, 2.75) is 57.6 Å². The van der Waals surface area contributed by atoms with Crippen LogP contribution in [0.1, 0.15) is 44.6 Å². The monoisotopic (exact) mass is 329 g/mol. The topological polar surface area (TPSA) is 21.3 Å². The zero-order valence-corrected chi connectivity index (χ0v) is 14.2. The maximum absolute atomic E-state index is 6.28. The molecule has 0 amide bonds. The van der Waals surface area contributed by atoms with E-state index in [1.807, 2.05) is 18.2 Å². The summed E-state index contributed by atoms with van der Waals surface area (Å²) in [7, 11) is 0. The maximum Gasteiger partial charge on any atom is 0.0575 e. The molecule has 1 aromatic rings. The Balaban J connectivity index is 1.89. The van der Waals surface area contributed by atoms with Gasteiger partial charge in [-0.15, -0.1) is 0 Å². The van der Waals surface area contributed by atoms with Crippen LogP contribution in [0.4, 0.5) is 0 Å². The van der Waals surface area contributed by atoms with E-state index < -0.39 is 0 Å². The Labute approximate surface area is 138 Å². The van der Waals surface area contributed by atoms with Gasteiger partial charge < -0.3 is 10.1 Å². The third-order valence-electron chi connectivity index (χ3n) is 4.08. The van der Waals surface area contributed by atoms with Gasteiger partial charge in [0.1, 0.15) is 0 Å². The number of likely N-dealkylation sites (N-methyl/N-ethyl adjacent to an activating group) is 1. The van der Waals surface area contributed by atoms with E-state index in [-0.39, 0.29) is 0 Å². The third kappa shape index (κ3) is 5.78. The minimum atomic E-state index is 0.427. The Morgan fingerprint density at radius 1 is 1.33 bits per heavy atom. The molecule has 2 atom stereocenters. The molecular weight excluding hydrogens is 305 g/mol. The largest absolute Gasteiger partial charge is 0.378 e. The van der Waals surface area contributed by atoms with Crippen molar-refractivity contribution >= 4 is 23.2 Å². The van der Waals surface area contributed by atoms with Crippen LogP contribution in [0, 0.1) is 0 Å². The van der Waals surface area contributed by atoms with Crippen LogP contribution >= 0.6 is 23.2 Å². The zero-order valence-electron chi connectivity index (χ0n) is 12.7. The molecule has 0 radical (unpaired) electrons. The van der Waals surface area contributed by atoms with Crippen molar-refractivity contribution in [3.05, 3.63) is 33.8 Å². The van der Waals surface area contributed by atoms with Gasteiger partial charge in [0, 0.05) is 22.7 Å². The molecule has 21 heavy (non-hydrogen) atoms. The molecule has 4 heteroatoms. The zero-order chi connectivity index (χ0) is 15.1.